The van der Waals surface area contributed by atoms with Gasteiger partial charge >= 0.3 is 0 Å². The smallest absolute Gasteiger partial charge is 0.119 e. The summed E-state index contributed by atoms with van der Waals surface area (Å²) >= 11 is 0. The Hall–Kier alpha value is -2.33. The van der Waals surface area contributed by atoms with Crippen molar-refractivity contribution in [3.05, 3.63) is 64.7 Å². The number of quaternary nitrogens is 1. The number of benzene rings is 2. The molecule has 2 aromatic rings. The summed E-state index contributed by atoms with van der Waals surface area (Å²) in [7, 11) is 0. The fourth-order valence-electron chi connectivity index (χ4n) is 3.38. The molecule has 0 atom stereocenters. The molecule has 4 nitrogen and oxygen atoms in total. The van der Waals surface area contributed by atoms with Gasteiger partial charge < -0.3 is 9.64 Å². The SMILES string of the molecule is CCOc1ccc(/C=N\N2CC[NH+](Cc3ccc(C)cc3C)CC2)cc1. The summed E-state index contributed by atoms with van der Waals surface area (Å²) in [6.07, 6.45) is 1.95. The zero-order chi connectivity index (χ0) is 18.4. The normalized spacial score (nSPS) is 15.6. The van der Waals surface area contributed by atoms with Crippen molar-refractivity contribution in [1.29, 1.82) is 0 Å². The Labute approximate surface area is 157 Å². The van der Waals surface area contributed by atoms with Gasteiger partial charge in [0.2, 0.25) is 0 Å². The first-order valence-electron chi connectivity index (χ1n) is 9.55. The van der Waals surface area contributed by atoms with Gasteiger partial charge in [0, 0.05) is 5.56 Å². The summed E-state index contributed by atoms with van der Waals surface area (Å²) in [5, 5.41) is 6.84. The third-order valence-electron chi connectivity index (χ3n) is 4.95. The van der Waals surface area contributed by atoms with E-state index in [0.29, 0.717) is 6.61 Å². The number of piperazine rings is 1. The molecular weight excluding hydrogens is 322 g/mol. The average Bonchev–Trinajstić information content (AvgIpc) is 2.65. The second kappa shape index (κ2) is 8.86. The highest BCUT2D eigenvalue weighted by Crippen LogP contribution is 2.11. The van der Waals surface area contributed by atoms with Gasteiger partial charge in [0.25, 0.3) is 0 Å². The number of rotatable bonds is 6. The number of nitrogens with zero attached hydrogens (tertiary/aromatic N) is 2. The van der Waals surface area contributed by atoms with Crippen LogP contribution in [0.15, 0.2) is 47.6 Å². The number of nitrogens with one attached hydrogen (secondary N) is 1. The summed E-state index contributed by atoms with van der Waals surface area (Å²) in [6.45, 7) is 12.5. The van der Waals surface area contributed by atoms with E-state index in [2.05, 4.69) is 54.3 Å². The second-order valence-electron chi connectivity index (χ2n) is 7.06. The van der Waals surface area contributed by atoms with Crippen LogP contribution in [-0.4, -0.2) is 44.0 Å². The Balaban J connectivity index is 1.48. The lowest BCUT2D eigenvalue weighted by Gasteiger charge is -2.30. The predicted molar refractivity (Wildman–Crippen MR) is 107 cm³/mol. The fourth-order valence-corrected chi connectivity index (χ4v) is 3.38. The minimum Gasteiger partial charge on any atom is -0.494 e. The first-order valence-corrected chi connectivity index (χ1v) is 9.55. The lowest BCUT2D eigenvalue weighted by atomic mass is 10.1. The standard InChI is InChI=1S/C22H29N3O/c1-4-26-22-9-6-20(7-10-22)16-23-25-13-11-24(12-14-25)17-21-8-5-18(2)15-19(21)3/h5-10,15-16H,4,11-14,17H2,1-3H3/p+1/b23-16-. The van der Waals surface area contributed by atoms with Crippen molar-refractivity contribution in [2.45, 2.75) is 27.3 Å². The van der Waals surface area contributed by atoms with E-state index in [0.717, 1.165) is 44.0 Å². The maximum atomic E-state index is 5.47. The van der Waals surface area contributed by atoms with Gasteiger partial charge in [0.1, 0.15) is 12.3 Å². The van der Waals surface area contributed by atoms with Crippen LogP contribution in [0, 0.1) is 13.8 Å². The summed E-state index contributed by atoms with van der Waals surface area (Å²) in [6, 6.07) is 14.9. The van der Waals surface area contributed by atoms with Crippen molar-refractivity contribution in [2.24, 2.45) is 5.10 Å². The predicted octanol–water partition coefficient (Wildman–Crippen LogP) is 2.44. The highest BCUT2D eigenvalue weighted by atomic mass is 16.5. The van der Waals surface area contributed by atoms with Crippen molar-refractivity contribution in [3.8, 4) is 5.75 Å². The molecule has 0 aromatic heterocycles. The van der Waals surface area contributed by atoms with Crippen LogP contribution >= 0.6 is 0 Å². The van der Waals surface area contributed by atoms with Gasteiger partial charge in [0.15, 0.2) is 0 Å². The van der Waals surface area contributed by atoms with Gasteiger partial charge in [-0.05, 0) is 56.2 Å². The van der Waals surface area contributed by atoms with Crippen LogP contribution in [0.25, 0.3) is 0 Å². The second-order valence-corrected chi connectivity index (χ2v) is 7.06. The molecule has 0 saturated carbocycles. The Morgan fingerprint density at radius 2 is 1.81 bits per heavy atom. The summed E-state index contributed by atoms with van der Waals surface area (Å²) < 4.78 is 5.47. The molecular formula is C22H30N3O+. The highest BCUT2D eigenvalue weighted by Gasteiger charge is 2.19. The van der Waals surface area contributed by atoms with Crippen molar-refractivity contribution >= 4 is 6.21 Å². The van der Waals surface area contributed by atoms with Crippen LogP contribution in [0.1, 0.15) is 29.2 Å². The molecule has 0 unspecified atom stereocenters. The monoisotopic (exact) mass is 352 g/mol. The lowest BCUT2D eigenvalue weighted by Crippen LogP contribution is -3.13. The van der Waals surface area contributed by atoms with Crippen LogP contribution < -0.4 is 9.64 Å². The van der Waals surface area contributed by atoms with Crippen LogP contribution in [0.4, 0.5) is 0 Å². The van der Waals surface area contributed by atoms with Gasteiger partial charge in [-0.3, -0.25) is 5.01 Å². The third-order valence-corrected chi connectivity index (χ3v) is 4.95. The molecule has 0 amide bonds. The van der Waals surface area contributed by atoms with Crippen LogP contribution in [0.2, 0.25) is 0 Å². The van der Waals surface area contributed by atoms with Crippen molar-refractivity contribution < 1.29 is 9.64 Å². The van der Waals surface area contributed by atoms with E-state index in [9.17, 15) is 0 Å². The van der Waals surface area contributed by atoms with Crippen molar-refractivity contribution in [3.63, 3.8) is 0 Å². The Kier molecular flexibility index (Phi) is 6.29. The van der Waals surface area contributed by atoms with E-state index >= 15 is 0 Å². The highest BCUT2D eigenvalue weighted by molar-refractivity contribution is 5.79. The van der Waals surface area contributed by atoms with E-state index in [-0.39, 0.29) is 0 Å². The first-order chi connectivity index (χ1) is 12.6. The van der Waals surface area contributed by atoms with Gasteiger partial charge in [-0.15, -0.1) is 0 Å². The van der Waals surface area contributed by atoms with E-state index in [1.165, 1.54) is 16.7 Å². The van der Waals surface area contributed by atoms with Crippen molar-refractivity contribution in [2.75, 3.05) is 32.8 Å². The van der Waals surface area contributed by atoms with Crippen LogP contribution in [-0.2, 0) is 6.54 Å². The third kappa shape index (κ3) is 5.09. The number of hydrogen-bond acceptors (Lipinski definition) is 3. The minimum absolute atomic E-state index is 0.697. The molecule has 0 bridgehead atoms. The average molecular weight is 353 g/mol. The molecule has 1 heterocycles. The van der Waals surface area contributed by atoms with Gasteiger partial charge in [-0.25, -0.2) is 0 Å². The molecule has 1 aliphatic rings. The molecule has 1 N–H and O–H groups in total. The first kappa shape index (κ1) is 18.5. The number of hydrazone groups is 1. The van der Waals surface area contributed by atoms with Crippen LogP contribution in [0.5, 0.6) is 5.75 Å². The summed E-state index contributed by atoms with van der Waals surface area (Å²) in [5.41, 5.74) is 5.33. The molecule has 138 valence electrons. The molecule has 26 heavy (non-hydrogen) atoms. The Morgan fingerprint density at radius 1 is 1.08 bits per heavy atom. The Morgan fingerprint density at radius 3 is 2.46 bits per heavy atom. The molecule has 3 rings (SSSR count). The molecule has 0 spiro atoms. The largest absolute Gasteiger partial charge is 0.494 e. The Bertz CT molecular complexity index is 732. The molecule has 0 radical (unpaired) electrons. The number of ether oxygens (including phenoxy) is 1. The zero-order valence-corrected chi connectivity index (χ0v) is 16.2. The van der Waals surface area contributed by atoms with Gasteiger partial charge in [0.05, 0.1) is 39.0 Å². The maximum absolute atomic E-state index is 5.47. The molecule has 0 aliphatic carbocycles. The van der Waals surface area contributed by atoms with Crippen molar-refractivity contribution in [1.82, 2.24) is 5.01 Å². The maximum Gasteiger partial charge on any atom is 0.119 e. The van der Waals surface area contributed by atoms with Gasteiger partial charge in [-0.2, -0.15) is 5.10 Å². The van der Waals surface area contributed by atoms with E-state index in [4.69, 9.17) is 4.74 Å². The van der Waals surface area contributed by atoms with E-state index < -0.39 is 0 Å². The lowest BCUT2D eigenvalue weighted by molar-refractivity contribution is -0.918. The summed E-state index contributed by atoms with van der Waals surface area (Å²) in [5.74, 6) is 0.910. The molecule has 4 heteroatoms. The molecule has 1 aliphatic heterocycles. The molecule has 2 aromatic carbocycles. The quantitative estimate of drug-likeness (QED) is 0.809. The number of aryl methyl sites for hydroxylation is 2. The topological polar surface area (TPSA) is 29.3 Å². The molecule has 1 fully saturated rings. The zero-order valence-electron chi connectivity index (χ0n) is 16.2. The number of hydrogen-bond donors (Lipinski definition) is 1. The minimum atomic E-state index is 0.697. The van der Waals surface area contributed by atoms with Crippen LogP contribution in [0.3, 0.4) is 0 Å². The summed E-state index contributed by atoms with van der Waals surface area (Å²) in [4.78, 5) is 1.64. The van der Waals surface area contributed by atoms with Gasteiger partial charge in [-0.1, -0.05) is 23.8 Å². The van der Waals surface area contributed by atoms with E-state index in [1.807, 2.05) is 25.3 Å². The fraction of sp³-hybridized carbons (Fsp3) is 0.409. The molecule has 1 saturated heterocycles. The van der Waals surface area contributed by atoms with E-state index in [1.54, 1.807) is 4.90 Å².